The van der Waals surface area contributed by atoms with Gasteiger partial charge in [0, 0.05) is 24.3 Å². The van der Waals surface area contributed by atoms with Crippen molar-refractivity contribution in [2.24, 2.45) is 0 Å². The summed E-state index contributed by atoms with van der Waals surface area (Å²) in [6, 6.07) is 11.9. The summed E-state index contributed by atoms with van der Waals surface area (Å²) in [7, 11) is 1.61. The predicted octanol–water partition coefficient (Wildman–Crippen LogP) is 5.02. The van der Waals surface area contributed by atoms with E-state index in [1.807, 2.05) is 13.0 Å². The summed E-state index contributed by atoms with van der Waals surface area (Å²) in [6.45, 7) is 2.40. The molecular weight excluding hydrogens is 444 g/mol. The van der Waals surface area contributed by atoms with Crippen LogP contribution in [0.25, 0.3) is 10.2 Å². The molecule has 1 unspecified atom stereocenters. The van der Waals surface area contributed by atoms with Crippen LogP contribution in [0, 0.1) is 17.0 Å². The molecule has 1 N–H and O–H groups in total. The average molecular weight is 465 g/mol. The van der Waals surface area contributed by atoms with E-state index in [-0.39, 0.29) is 18.1 Å². The van der Waals surface area contributed by atoms with Gasteiger partial charge in [0.2, 0.25) is 0 Å². The molecule has 0 saturated carbocycles. The molecule has 0 spiro atoms. The Morgan fingerprint density at radius 3 is 2.85 bits per heavy atom. The number of fused-ring (bicyclic) bond motifs is 3. The topological polar surface area (TPSA) is 111 Å². The zero-order valence-electron chi connectivity index (χ0n) is 17.9. The van der Waals surface area contributed by atoms with E-state index in [0.29, 0.717) is 33.3 Å². The van der Waals surface area contributed by atoms with Crippen LogP contribution in [0.1, 0.15) is 38.4 Å². The zero-order valence-corrected chi connectivity index (χ0v) is 18.7. The summed E-state index contributed by atoms with van der Waals surface area (Å²) in [5, 5.41) is 16.0. The Bertz CT molecular complexity index is 1360. The lowest BCUT2D eigenvalue weighted by atomic mass is 10.0. The van der Waals surface area contributed by atoms with E-state index in [2.05, 4.69) is 10.3 Å². The molecule has 1 amide bonds. The number of aromatic nitrogens is 1. The van der Waals surface area contributed by atoms with E-state index in [1.165, 1.54) is 23.7 Å². The molecule has 168 valence electrons. The van der Waals surface area contributed by atoms with Crippen LogP contribution in [0.2, 0.25) is 0 Å². The van der Waals surface area contributed by atoms with Crippen LogP contribution in [-0.2, 0) is 17.9 Å². The number of nitro benzene ring substituents is 1. The van der Waals surface area contributed by atoms with E-state index in [0.717, 1.165) is 16.6 Å². The Morgan fingerprint density at radius 1 is 1.30 bits per heavy atom. The normalized spacial score (nSPS) is 15.5. The molecule has 4 aromatic rings. The highest BCUT2D eigenvalue weighted by molar-refractivity contribution is 7.21. The molecule has 1 atom stereocenters. The number of methoxy groups -OCH3 is 1. The zero-order chi connectivity index (χ0) is 23.1. The molecular formula is C23H20N4O5S. The van der Waals surface area contributed by atoms with Gasteiger partial charge in [-0.25, -0.2) is 4.98 Å². The van der Waals surface area contributed by atoms with Crippen molar-refractivity contribution in [1.29, 1.82) is 0 Å². The first-order valence-electron chi connectivity index (χ1n) is 10.2. The lowest BCUT2D eigenvalue weighted by molar-refractivity contribution is -0.385. The van der Waals surface area contributed by atoms with Gasteiger partial charge in [-0.2, -0.15) is 0 Å². The van der Waals surface area contributed by atoms with Gasteiger partial charge in [-0.1, -0.05) is 12.1 Å². The van der Waals surface area contributed by atoms with Gasteiger partial charge in [-0.3, -0.25) is 14.9 Å². The van der Waals surface area contributed by atoms with Gasteiger partial charge in [-0.15, -0.1) is 11.3 Å². The van der Waals surface area contributed by atoms with Gasteiger partial charge >= 0.3 is 0 Å². The van der Waals surface area contributed by atoms with E-state index in [1.54, 1.807) is 42.3 Å². The number of hydrogen-bond acceptors (Lipinski definition) is 8. The Hall–Kier alpha value is -3.76. The molecule has 0 aliphatic carbocycles. The lowest BCUT2D eigenvalue weighted by Gasteiger charge is -2.36. The fraction of sp³-hybridized carbons (Fsp3) is 0.217. The summed E-state index contributed by atoms with van der Waals surface area (Å²) < 4.78 is 10.9. The number of para-hydroxylation sites is 1. The first kappa shape index (κ1) is 21.1. The second-order valence-electron chi connectivity index (χ2n) is 7.72. The van der Waals surface area contributed by atoms with Crippen molar-refractivity contribution in [3.63, 3.8) is 0 Å². The Kier molecular flexibility index (Phi) is 5.31. The summed E-state index contributed by atoms with van der Waals surface area (Å²) >= 11 is 1.30. The van der Waals surface area contributed by atoms with Crippen molar-refractivity contribution >= 4 is 38.8 Å². The number of ether oxygens (including phenoxy) is 1. The van der Waals surface area contributed by atoms with Crippen molar-refractivity contribution < 1.29 is 18.9 Å². The predicted molar refractivity (Wildman–Crippen MR) is 123 cm³/mol. The minimum Gasteiger partial charge on any atom is -0.467 e. The molecule has 0 bridgehead atoms. The molecule has 0 radical (unpaired) electrons. The van der Waals surface area contributed by atoms with Gasteiger partial charge in [-0.05, 0) is 36.8 Å². The van der Waals surface area contributed by atoms with Gasteiger partial charge in [0.15, 0.2) is 0 Å². The number of pyridine rings is 1. The molecule has 4 heterocycles. The molecule has 0 saturated heterocycles. The minimum absolute atomic E-state index is 0.0682. The van der Waals surface area contributed by atoms with E-state index in [9.17, 15) is 14.9 Å². The van der Waals surface area contributed by atoms with E-state index < -0.39 is 11.1 Å². The Labute approximate surface area is 192 Å². The van der Waals surface area contributed by atoms with Crippen LogP contribution in [0.3, 0.4) is 0 Å². The fourth-order valence-corrected chi connectivity index (χ4v) is 5.38. The SMILES string of the molecule is COCc1cc(C)nc2sc3c(c12)NC(c1ccccc1[N+](=O)[O-])N(Cc1ccco1)C3=O. The van der Waals surface area contributed by atoms with E-state index >= 15 is 0 Å². The molecule has 9 nitrogen and oxygen atoms in total. The largest absolute Gasteiger partial charge is 0.467 e. The van der Waals surface area contributed by atoms with Gasteiger partial charge in [0.05, 0.1) is 35.6 Å². The summed E-state index contributed by atoms with van der Waals surface area (Å²) in [6.07, 6.45) is 0.761. The standard InChI is InChI=1S/C23H20N4O5S/c1-13-10-14(12-31-2)18-19-20(33-22(18)24-13)23(28)26(11-15-6-5-9-32-15)21(25-19)16-7-3-4-8-17(16)27(29)30/h3-10,21,25H,11-12H2,1-2H3. The first-order valence-corrected chi connectivity index (χ1v) is 11.0. The number of carbonyl (C=O) groups excluding carboxylic acids is 1. The van der Waals surface area contributed by atoms with Crippen molar-refractivity contribution in [3.8, 4) is 0 Å². The quantitative estimate of drug-likeness (QED) is 0.315. The summed E-state index contributed by atoms with van der Waals surface area (Å²) in [5.41, 5.74) is 2.67. The van der Waals surface area contributed by atoms with Crippen molar-refractivity contribution in [1.82, 2.24) is 9.88 Å². The fourth-order valence-electron chi connectivity index (χ4n) is 4.20. The van der Waals surface area contributed by atoms with Crippen LogP contribution < -0.4 is 5.32 Å². The molecule has 1 aromatic carbocycles. The molecule has 1 aliphatic heterocycles. The maximum atomic E-state index is 13.8. The third-order valence-corrected chi connectivity index (χ3v) is 6.63. The Balaban J connectivity index is 1.71. The lowest BCUT2D eigenvalue weighted by Crippen LogP contribution is -2.42. The van der Waals surface area contributed by atoms with Gasteiger partial charge < -0.3 is 19.4 Å². The maximum absolute atomic E-state index is 13.8. The maximum Gasteiger partial charge on any atom is 0.276 e. The number of carbonyl (C=O) groups is 1. The summed E-state index contributed by atoms with van der Waals surface area (Å²) in [4.78, 5) is 32.5. The van der Waals surface area contributed by atoms with Crippen molar-refractivity contribution in [2.75, 3.05) is 12.4 Å². The number of amides is 1. The number of nitro groups is 1. The summed E-state index contributed by atoms with van der Waals surface area (Å²) in [5.74, 6) is 0.333. The molecule has 5 rings (SSSR count). The number of furan rings is 1. The third kappa shape index (κ3) is 3.62. The average Bonchev–Trinajstić information content (AvgIpc) is 3.43. The number of nitrogens with one attached hydrogen (secondary N) is 1. The molecule has 10 heteroatoms. The van der Waals surface area contributed by atoms with Crippen LogP contribution in [-0.4, -0.2) is 27.8 Å². The highest BCUT2D eigenvalue weighted by Gasteiger charge is 2.39. The van der Waals surface area contributed by atoms with Crippen molar-refractivity contribution in [3.05, 3.63) is 86.3 Å². The van der Waals surface area contributed by atoms with Gasteiger partial charge in [0.25, 0.3) is 11.6 Å². The van der Waals surface area contributed by atoms with Crippen LogP contribution in [0.15, 0.2) is 53.1 Å². The Morgan fingerprint density at radius 2 is 2.12 bits per heavy atom. The second-order valence-corrected chi connectivity index (χ2v) is 8.72. The number of rotatable bonds is 6. The highest BCUT2D eigenvalue weighted by atomic mass is 32.1. The smallest absolute Gasteiger partial charge is 0.276 e. The van der Waals surface area contributed by atoms with Crippen LogP contribution in [0.5, 0.6) is 0 Å². The second kappa shape index (κ2) is 8.30. The number of benzene rings is 1. The van der Waals surface area contributed by atoms with E-state index in [4.69, 9.17) is 9.15 Å². The molecule has 33 heavy (non-hydrogen) atoms. The first-order chi connectivity index (χ1) is 16.0. The van der Waals surface area contributed by atoms with Crippen LogP contribution >= 0.6 is 11.3 Å². The minimum atomic E-state index is -0.772. The number of hydrogen-bond donors (Lipinski definition) is 1. The molecule has 1 aliphatic rings. The third-order valence-electron chi connectivity index (χ3n) is 5.55. The number of nitrogens with zero attached hydrogens (tertiary/aromatic N) is 3. The van der Waals surface area contributed by atoms with Crippen molar-refractivity contribution in [2.45, 2.75) is 26.2 Å². The number of thiophene rings is 1. The van der Waals surface area contributed by atoms with Gasteiger partial charge in [0.1, 0.15) is 21.6 Å². The monoisotopic (exact) mass is 464 g/mol. The number of anilines is 1. The van der Waals surface area contributed by atoms with Crippen LogP contribution in [0.4, 0.5) is 11.4 Å². The molecule has 0 fully saturated rings. The number of aryl methyl sites for hydroxylation is 1. The molecule has 3 aromatic heterocycles. The highest BCUT2D eigenvalue weighted by Crippen LogP contribution is 2.45.